The first kappa shape index (κ1) is 24.5. The zero-order valence-corrected chi connectivity index (χ0v) is 18.4. The molecule has 0 radical (unpaired) electrons. The van der Waals surface area contributed by atoms with Crippen LogP contribution in [0.4, 0.5) is 16.2 Å². The van der Waals surface area contributed by atoms with E-state index in [0.29, 0.717) is 0 Å². The molecule has 164 valence electrons. The number of urea groups is 1. The van der Waals surface area contributed by atoms with Crippen molar-refractivity contribution in [1.29, 1.82) is 0 Å². The fourth-order valence-electron chi connectivity index (χ4n) is 2.70. The maximum absolute atomic E-state index is 13.0. The first-order valence-corrected chi connectivity index (χ1v) is 10.9. The number of halogens is 3. The Labute approximate surface area is 187 Å². The zero-order valence-electron chi connectivity index (χ0n) is 15.3. The number of aliphatic hydroxyl groups is 2. The van der Waals surface area contributed by atoms with E-state index in [2.05, 4.69) is 0 Å². The van der Waals surface area contributed by atoms with Gasteiger partial charge in [0.1, 0.15) is 4.90 Å². The molecule has 0 fully saturated rings. The molecule has 2 aromatic carbocycles. The van der Waals surface area contributed by atoms with Gasteiger partial charge in [0.25, 0.3) is 0 Å². The lowest BCUT2D eigenvalue weighted by Crippen LogP contribution is -2.36. The van der Waals surface area contributed by atoms with Gasteiger partial charge in [0.2, 0.25) is 10.0 Å². The molecular formula is C17H18Cl3N3O6S. The van der Waals surface area contributed by atoms with Crippen LogP contribution < -0.4 is 10.6 Å². The van der Waals surface area contributed by atoms with E-state index in [1.165, 1.54) is 24.3 Å². The van der Waals surface area contributed by atoms with Gasteiger partial charge in [-0.15, -0.1) is 0 Å². The monoisotopic (exact) mass is 497 g/mol. The summed E-state index contributed by atoms with van der Waals surface area (Å²) < 4.78 is 26.8. The molecule has 0 heterocycles. The molecule has 0 aliphatic heterocycles. The Morgan fingerprint density at radius 2 is 1.57 bits per heavy atom. The zero-order chi connectivity index (χ0) is 22.6. The predicted molar refractivity (Wildman–Crippen MR) is 114 cm³/mol. The van der Waals surface area contributed by atoms with Gasteiger partial charge >= 0.3 is 6.03 Å². The van der Waals surface area contributed by atoms with Crippen molar-refractivity contribution in [2.24, 2.45) is 5.73 Å². The van der Waals surface area contributed by atoms with Crippen LogP contribution in [0.15, 0.2) is 35.2 Å². The molecule has 0 atom stereocenters. The minimum atomic E-state index is -4.48. The normalized spacial score (nSPS) is 11.7. The molecule has 0 bridgehead atoms. The molecule has 0 aliphatic rings. The van der Waals surface area contributed by atoms with E-state index in [1.807, 2.05) is 0 Å². The molecule has 30 heavy (non-hydrogen) atoms. The van der Waals surface area contributed by atoms with Crippen LogP contribution in [0.1, 0.15) is 0 Å². The Bertz CT molecular complexity index is 1050. The molecule has 0 aliphatic carbocycles. The van der Waals surface area contributed by atoms with Crippen molar-refractivity contribution < 1.29 is 28.5 Å². The molecule has 5 N–H and O–H groups in total. The lowest BCUT2D eigenvalue weighted by atomic mass is 10.2. The molecule has 0 saturated heterocycles. The number of nitrogens with two attached hydrogens (primary N) is 1. The van der Waals surface area contributed by atoms with Crippen LogP contribution in [-0.2, 0) is 10.0 Å². The molecule has 2 aromatic rings. The summed E-state index contributed by atoms with van der Waals surface area (Å²) in [7, 11) is -4.48. The van der Waals surface area contributed by atoms with Crippen molar-refractivity contribution in [3.63, 3.8) is 0 Å². The van der Waals surface area contributed by atoms with Gasteiger partial charge in [0, 0.05) is 13.1 Å². The number of anilines is 2. The highest BCUT2D eigenvalue weighted by Gasteiger charge is 2.33. The van der Waals surface area contributed by atoms with Crippen LogP contribution in [0.25, 0.3) is 0 Å². The predicted octanol–water partition coefficient (Wildman–Crippen LogP) is 2.54. The van der Waals surface area contributed by atoms with Gasteiger partial charge in [-0.3, -0.25) is 4.90 Å². The number of phenols is 1. The van der Waals surface area contributed by atoms with Crippen LogP contribution in [0, 0.1) is 0 Å². The number of aromatic hydroxyl groups is 1. The summed E-state index contributed by atoms with van der Waals surface area (Å²) in [5.74, 6) is -0.877. The standard InChI is InChI=1S/C17H18Cl3N3O6S/c18-10-2-1-3-12(14(10)20)23(17(21)27)13-5-4-11(19)16(15(13)26)30(28,29)22(6-8-24)7-9-25/h1-5,24-26H,6-9H2,(H2,21,27). The van der Waals surface area contributed by atoms with Gasteiger partial charge in [-0.2, -0.15) is 4.31 Å². The average molecular weight is 499 g/mol. The number of hydrogen-bond donors (Lipinski definition) is 4. The number of nitrogens with zero attached hydrogens (tertiary/aromatic N) is 2. The Kier molecular flexibility index (Phi) is 8.17. The summed E-state index contributed by atoms with van der Waals surface area (Å²) in [6.07, 6.45) is 0. The van der Waals surface area contributed by atoms with Gasteiger partial charge in [-0.25, -0.2) is 13.2 Å². The van der Waals surface area contributed by atoms with Crippen molar-refractivity contribution in [1.82, 2.24) is 4.31 Å². The van der Waals surface area contributed by atoms with E-state index in [4.69, 9.17) is 50.7 Å². The summed E-state index contributed by atoms with van der Waals surface area (Å²) in [5, 5.41) is 28.8. The van der Waals surface area contributed by atoms with E-state index < -0.39 is 39.9 Å². The van der Waals surface area contributed by atoms with Gasteiger partial charge in [-0.05, 0) is 24.3 Å². The Balaban J connectivity index is 2.75. The number of carbonyl (C=O) groups is 1. The number of phenolic OH excluding ortho intramolecular Hbond substituents is 1. The minimum Gasteiger partial charge on any atom is -0.504 e. The van der Waals surface area contributed by atoms with E-state index in [-0.39, 0.29) is 39.5 Å². The van der Waals surface area contributed by atoms with Crippen LogP contribution in [0.5, 0.6) is 5.75 Å². The number of benzene rings is 2. The Morgan fingerprint density at radius 3 is 2.10 bits per heavy atom. The van der Waals surface area contributed by atoms with Gasteiger partial charge in [0.15, 0.2) is 5.75 Å². The van der Waals surface area contributed by atoms with Crippen molar-refractivity contribution in [2.45, 2.75) is 4.90 Å². The van der Waals surface area contributed by atoms with Gasteiger partial charge in [-0.1, -0.05) is 40.9 Å². The molecule has 13 heteroatoms. The maximum Gasteiger partial charge on any atom is 0.324 e. The maximum atomic E-state index is 13.0. The minimum absolute atomic E-state index is 0.000194. The summed E-state index contributed by atoms with van der Waals surface area (Å²) in [6.45, 7) is -1.79. The quantitative estimate of drug-likeness (QED) is 0.440. The number of amides is 2. The number of hydrogen-bond acceptors (Lipinski definition) is 6. The fraction of sp³-hybridized carbons (Fsp3) is 0.235. The molecule has 0 unspecified atom stereocenters. The number of carbonyl (C=O) groups excluding carboxylic acids is 1. The third-order valence-corrected chi connectivity index (χ3v) is 7.20. The van der Waals surface area contributed by atoms with Crippen molar-refractivity contribution in [2.75, 3.05) is 31.2 Å². The molecule has 0 spiro atoms. The molecule has 0 aromatic heterocycles. The Hall–Kier alpha value is -1.79. The van der Waals surface area contributed by atoms with Crippen LogP contribution in [0.2, 0.25) is 15.1 Å². The van der Waals surface area contributed by atoms with E-state index in [0.717, 1.165) is 15.3 Å². The van der Waals surface area contributed by atoms with Crippen molar-refractivity contribution >= 4 is 62.2 Å². The molecule has 2 rings (SSSR count). The third-order valence-electron chi connectivity index (χ3n) is 3.99. The smallest absolute Gasteiger partial charge is 0.324 e. The van der Waals surface area contributed by atoms with Crippen LogP contribution >= 0.6 is 34.8 Å². The first-order valence-electron chi connectivity index (χ1n) is 8.34. The highest BCUT2D eigenvalue weighted by molar-refractivity contribution is 7.89. The lowest BCUT2D eigenvalue weighted by molar-refractivity contribution is 0.217. The largest absolute Gasteiger partial charge is 0.504 e. The average Bonchev–Trinajstić information content (AvgIpc) is 2.66. The fourth-order valence-corrected chi connectivity index (χ4v) is 5.09. The second-order valence-corrected chi connectivity index (χ2v) is 8.91. The van der Waals surface area contributed by atoms with E-state index >= 15 is 0 Å². The Morgan fingerprint density at radius 1 is 0.967 bits per heavy atom. The topological polar surface area (TPSA) is 144 Å². The third kappa shape index (κ3) is 4.75. The number of rotatable bonds is 8. The summed E-state index contributed by atoms with van der Waals surface area (Å²) >= 11 is 18.2. The highest BCUT2D eigenvalue weighted by Crippen LogP contribution is 2.44. The number of sulfonamides is 1. The SMILES string of the molecule is NC(=O)N(c1ccc(Cl)c(S(=O)(=O)N(CCO)CCO)c1O)c1cccc(Cl)c1Cl. The first-order chi connectivity index (χ1) is 14.1. The molecule has 2 amide bonds. The van der Waals surface area contributed by atoms with Gasteiger partial charge < -0.3 is 21.1 Å². The summed E-state index contributed by atoms with van der Waals surface area (Å²) in [5.41, 5.74) is 5.14. The molecular weight excluding hydrogens is 481 g/mol. The molecule has 9 nitrogen and oxygen atoms in total. The van der Waals surface area contributed by atoms with E-state index in [9.17, 15) is 18.3 Å². The van der Waals surface area contributed by atoms with Crippen LogP contribution in [0.3, 0.4) is 0 Å². The van der Waals surface area contributed by atoms with Crippen LogP contribution in [-0.4, -0.2) is 60.4 Å². The lowest BCUT2D eigenvalue weighted by Gasteiger charge is -2.26. The summed E-state index contributed by atoms with van der Waals surface area (Å²) in [4.78, 5) is 12.2. The molecule has 0 saturated carbocycles. The van der Waals surface area contributed by atoms with Gasteiger partial charge in [0.05, 0.1) is 39.7 Å². The number of primary amides is 1. The summed E-state index contributed by atoms with van der Waals surface area (Å²) in [6, 6.07) is 5.59. The van der Waals surface area contributed by atoms with Crippen molar-refractivity contribution in [3.05, 3.63) is 45.4 Å². The van der Waals surface area contributed by atoms with Crippen molar-refractivity contribution in [3.8, 4) is 5.75 Å². The number of aliphatic hydroxyl groups excluding tert-OH is 2. The second-order valence-electron chi connectivity index (χ2n) is 5.84. The van der Waals surface area contributed by atoms with E-state index in [1.54, 1.807) is 0 Å². The highest BCUT2D eigenvalue weighted by atomic mass is 35.5. The second kappa shape index (κ2) is 10.0.